The van der Waals surface area contributed by atoms with Crippen LogP contribution in [-0.2, 0) is 19.4 Å². The molecule has 1 atom stereocenters. The SMILES string of the molecule is CO[C@@H]1CSC2(C1)CN(C(=O)CS(C)(=O)=O)C2. The van der Waals surface area contributed by atoms with Crippen LogP contribution < -0.4 is 0 Å². The van der Waals surface area contributed by atoms with E-state index in [-0.39, 0.29) is 22.5 Å². The lowest BCUT2D eigenvalue weighted by Gasteiger charge is -2.47. The smallest absolute Gasteiger partial charge is 0.237 e. The topological polar surface area (TPSA) is 63.7 Å². The van der Waals surface area contributed by atoms with Gasteiger partial charge in [-0.05, 0) is 6.42 Å². The minimum atomic E-state index is -3.22. The van der Waals surface area contributed by atoms with Gasteiger partial charge >= 0.3 is 0 Å². The van der Waals surface area contributed by atoms with Crippen molar-refractivity contribution in [3.05, 3.63) is 0 Å². The molecule has 1 spiro atoms. The number of sulfone groups is 1. The van der Waals surface area contributed by atoms with E-state index in [4.69, 9.17) is 4.74 Å². The van der Waals surface area contributed by atoms with Gasteiger partial charge in [-0.15, -0.1) is 11.8 Å². The molecule has 5 nitrogen and oxygen atoms in total. The third-order valence-corrected chi connectivity index (χ3v) is 5.55. The Labute approximate surface area is 106 Å². The maximum atomic E-state index is 11.6. The summed E-state index contributed by atoms with van der Waals surface area (Å²) in [7, 11) is -1.51. The van der Waals surface area contributed by atoms with Gasteiger partial charge in [0.05, 0.1) is 10.9 Å². The molecule has 2 saturated heterocycles. The number of methoxy groups -OCH3 is 1. The van der Waals surface area contributed by atoms with Gasteiger partial charge in [0.1, 0.15) is 5.75 Å². The lowest BCUT2D eigenvalue weighted by Crippen LogP contribution is -2.61. The molecule has 2 aliphatic rings. The minimum Gasteiger partial charge on any atom is -0.381 e. The number of likely N-dealkylation sites (tertiary alicyclic amines) is 1. The van der Waals surface area contributed by atoms with Gasteiger partial charge in [-0.2, -0.15) is 0 Å². The van der Waals surface area contributed by atoms with E-state index < -0.39 is 9.84 Å². The molecular weight excluding hydrogens is 262 g/mol. The number of hydrogen-bond donors (Lipinski definition) is 0. The van der Waals surface area contributed by atoms with Gasteiger partial charge in [-0.1, -0.05) is 0 Å². The number of nitrogens with zero attached hydrogens (tertiary/aromatic N) is 1. The summed E-state index contributed by atoms with van der Waals surface area (Å²) >= 11 is 1.83. The summed E-state index contributed by atoms with van der Waals surface area (Å²) in [5, 5.41) is 0. The van der Waals surface area contributed by atoms with E-state index in [2.05, 4.69) is 0 Å². The molecule has 2 heterocycles. The lowest BCUT2D eigenvalue weighted by molar-refractivity contribution is -0.133. The predicted molar refractivity (Wildman–Crippen MR) is 66.9 cm³/mol. The summed E-state index contributed by atoms with van der Waals surface area (Å²) < 4.78 is 27.5. The molecule has 1 amide bonds. The Balaban J connectivity index is 1.85. The largest absolute Gasteiger partial charge is 0.381 e. The highest BCUT2D eigenvalue weighted by atomic mass is 32.2. The molecule has 2 rings (SSSR count). The van der Waals surface area contributed by atoms with Gasteiger partial charge in [0.2, 0.25) is 5.91 Å². The molecule has 0 aliphatic carbocycles. The standard InChI is InChI=1S/C10H17NO4S2/c1-15-8-3-10(16-4-8)6-11(7-10)9(12)5-17(2,13)14/h8H,3-7H2,1-2H3/t8-/m0/s1. The van der Waals surface area contributed by atoms with Crippen LogP contribution in [-0.4, -0.2) is 68.0 Å². The Kier molecular flexibility index (Phi) is 3.44. The van der Waals surface area contributed by atoms with Crippen molar-refractivity contribution >= 4 is 27.5 Å². The first-order chi connectivity index (χ1) is 7.84. The third kappa shape index (κ3) is 2.95. The summed E-state index contributed by atoms with van der Waals surface area (Å²) in [6.07, 6.45) is 2.31. The van der Waals surface area contributed by atoms with Crippen molar-refractivity contribution in [2.24, 2.45) is 0 Å². The van der Waals surface area contributed by atoms with E-state index in [0.29, 0.717) is 13.1 Å². The van der Waals surface area contributed by atoms with Gasteiger partial charge in [0, 0.05) is 32.2 Å². The van der Waals surface area contributed by atoms with E-state index >= 15 is 0 Å². The van der Waals surface area contributed by atoms with Gasteiger partial charge in [0.25, 0.3) is 0 Å². The van der Waals surface area contributed by atoms with E-state index in [1.807, 2.05) is 11.8 Å². The molecule has 0 bridgehead atoms. The third-order valence-electron chi connectivity index (χ3n) is 3.20. The van der Waals surface area contributed by atoms with Crippen molar-refractivity contribution in [2.75, 3.05) is 38.0 Å². The maximum absolute atomic E-state index is 11.6. The average molecular weight is 279 g/mol. The van der Waals surface area contributed by atoms with Crippen LogP contribution in [0.15, 0.2) is 0 Å². The van der Waals surface area contributed by atoms with Crippen LogP contribution in [0.25, 0.3) is 0 Å². The molecule has 98 valence electrons. The van der Waals surface area contributed by atoms with Crippen molar-refractivity contribution < 1.29 is 17.9 Å². The number of carbonyl (C=O) groups excluding carboxylic acids is 1. The zero-order chi connectivity index (χ0) is 12.7. The predicted octanol–water partition coefficient (Wildman–Crippen LogP) is -0.236. The van der Waals surface area contributed by atoms with Crippen LogP contribution in [0.5, 0.6) is 0 Å². The second-order valence-electron chi connectivity index (χ2n) is 4.88. The van der Waals surface area contributed by atoms with E-state index in [1.165, 1.54) is 0 Å². The Morgan fingerprint density at radius 1 is 1.53 bits per heavy atom. The highest BCUT2D eigenvalue weighted by Gasteiger charge is 2.50. The second kappa shape index (κ2) is 4.44. The summed E-state index contributed by atoms with van der Waals surface area (Å²) in [4.78, 5) is 13.3. The minimum absolute atomic E-state index is 0.119. The first-order valence-corrected chi connectivity index (χ1v) is 8.50. The van der Waals surface area contributed by atoms with Gasteiger partial charge in [0.15, 0.2) is 9.84 Å². The molecule has 0 aromatic rings. The molecule has 7 heteroatoms. The molecule has 2 aliphatic heterocycles. The molecule has 17 heavy (non-hydrogen) atoms. The van der Waals surface area contributed by atoms with Crippen LogP contribution in [0.4, 0.5) is 0 Å². The zero-order valence-electron chi connectivity index (χ0n) is 10.0. The normalized spacial score (nSPS) is 27.2. The zero-order valence-corrected chi connectivity index (χ0v) is 11.6. The van der Waals surface area contributed by atoms with Gasteiger partial charge in [-0.3, -0.25) is 4.79 Å². The maximum Gasteiger partial charge on any atom is 0.237 e. The summed E-state index contributed by atoms with van der Waals surface area (Å²) in [5.41, 5.74) is 0. The molecular formula is C10H17NO4S2. The summed E-state index contributed by atoms with van der Waals surface area (Å²) in [6, 6.07) is 0. The van der Waals surface area contributed by atoms with Crippen LogP contribution in [0.1, 0.15) is 6.42 Å². The van der Waals surface area contributed by atoms with Crippen molar-refractivity contribution in [1.29, 1.82) is 0 Å². The summed E-state index contributed by atoms with van der Waals surface area (Å²) in [6.45, 7) is 1.32. The lowest BCUT2D eigenvalue weighted by atomic mass is 9.93. The highest BCUT2D eigenvalue weighted by Crippen LogP contribution is 2.45. The van der Waals surface area contributed by atoms with E-state index in [9.17, 15) is 13.2 Å². The Bertz CT molecular complexity index is 414. The van der Waals surface area contributed by atoms with Crippen LogP contribution in [0, 0.1) is 0 Å². The quantitative estimate of drug-likeness (QED) is 0.714. The van der Waals surface area contributed by atoms with Crippen LogP contribution in [0.2, 0.25) is 0 Å². The first kappa shape index (κ1) is 13.2. The van der Waals surface area contributed by atoms with Crippen molar-refractivity contribution in [3.63, 3.8) is 0 Å². The fraction of sp³-hybridized carbons (Fsp3) is 0.900. The molecule has 0 aromatic carbocycles. The number of hydrogen-bond acceptors (Lipinski definition) is 5. The molecule has 0 radical (unpaired) electrons. The second-order valence-corrected chi connectivity index (χ2v) is 8.50. The van der Waals surface area contributed by atoms with Crippen molar-refractivity contribution in [1.82, 2.24) is 4.90 Å². The van der Waals surface area contributed by atoms with Gasteiger partial charge in [-0.25, -0.2) is 8.42 Å². The van der Waals surface area contributed by atoms with Crippen molar-refractivity contribution in [2.45, 2.75) is 17.3 Å². The number of thioether (sulfide) groups is 1. The molecule has 0 N–H and O–H groups in total. The van der Waals surface area contributed by atoms with Crippen molar-refractivity contribution in [3.8, 4) is 0 Å². The molecule has 0 unspecified atom stereocenters. The average Bonchev–Trinajstić information content (AvgIpc) is 2.56. The van der Waals surface area contributed by atoms with E-state index in [1.54, 1.807) is 12.0 Å². The monoisotopic (exact) mass is 279 g/mol. The fourth-order valence-electron chi connectivity index (χ4n) is 2.32. The molecule has 2 fully saturated rings. The Morgan fingerprint density at radius 2 is 2.18 bits per heavy atom. The van der Waals surface area contributed by atoms with Crippen LogP contribution in [0.3, 0.4) is 0 Å². The molecule has 0 saturated carbocycles. The number of rotatable bonds is 3. The molecule has 0 aromatic heterocycles. The van der Waals surface area contributed by atoms with E-state index in [0.717, 1.165) is 18.4 Å². The number of ether oxygens (including phenoxy) is 1. The first-order valence-electron chi connectivity index (χ1n) is 5.46. The van der Waals surface area contributed by atoms with Crippen LogP contribution >= 0.6 is 11.8 Å². The number of carbonyl (C=O) groups is 1. The fourth-order valence-corrected chi connectivity index (χ4v) is 4.54. The highest BCUT2D eigenvalue weighted by molar-refractivity contribution is 8.01. The summed E-state index contributed by atoms with van der Waals surface area (Å²) in [5.74, 6) is 0.311. The Morgan fingerprint density at radius 3 is 2.65 bits per heavy atom. The van der Waals surface area contributed by atoms with Gasteiger partial charge < -0.3 is 9.64 Å². The Hall–Kier alpha value is -0.270. The number of amides is 1.